The van der Waals surface area contributed by atoms with Crippen LogP contribution in [0.3, 0.4) is 0 Å². The summed E-state index contributed by atoms with van der Waals surface area (Å²) >= 11 is 0. The van der Waals surface area contributed by atoms with Crippen molar-refractivity contribution in [1.29, 1.82) is 0 Å². The smallest absolute Gasteiger partial charge is 0.131 e. The average molecular weight is 223 g/mol. The molecule has 3 heteroatoms. The molecule has 2 nitrogen and oxygen atoms in total. The SMILES string of the molecule is C[C@@H](N)c1c(F)cccc1OCCC1CC1. The number of rotatable bonds is 5. The quantitative estimate of drug-likeness (QED) is 0.832. The van der Waals surface area contributed by atoms with Crippen LogP contribution in [0.2, 0.25) is 0 Å². The average Bonchev–Trinajstić information content (AvgIpc) is 3.01. The molecule has 88 valence electrons. The first-order valence-electron chi connectivity index (χ1n) is 5.85. The van der Waals surface area contributed by atoms with Crippen LogP contribution in [0.1, 0.15) is 37.8 Å². The van der Waals surface area contributed by atoms with Gasteiger partial charge in [-0.1, -0.05) is 18.9 Å². The molecule has 2 N–H and O–H groups in total. The molecule has 0 unspecified atom stereocenters. The van der Waals surface area contributed by atoms with E-state index in [1.54, 1.807) is 19.1 Å². The van der Waals surface area contributed by atoms with Crippen LogP contribution in [0.5, 0.6) is 5.75 Å². The van der Waals surface area contributed by atoms with Crippen molar-refractivity contribution in [2.75, 3.05) is 6.61 Å². The maximum atomic E-state index is 13.5. The first kappa shape index (κ1) is 11.4. The van der Waals surface area contributed by atoms with Gasteiger partial charge < -0.3 is 10.5 Å². The molecule has 0 saturated heterocycles. The van der Waals surface area contributed by atoms with E-state index in [4.69, 9.17) is 10.5 Å². The van der Waals surface area contributed by atoms with Gasteiger partial charge in [0.2, 0.25) is 0 Å². The highest BCUT2D eigenvalue weighted by atomic mass is 19.1. The van der Waals surface area contributed by atoms with Crippen molar-refractivity contribution in [2.24, 2.45) is 11.7 Å². The third kappa shape index (κ3) is 2.73. The molecule has 1 aliphatic carbocycles. The van der Waals surface area contributed by atoms with E-state index in [0.717, 1.165) is 12.3 Å². The van der Waals surface area contributed by atoms with Crippen LogP contribution in [0.15, 0.2) is 18.2 Å². The standard InChI is InChI=1S/C13H18FNO/c1-9(15)13-11(14)3-2-4-12(13)16-8-7-10-5-6-10/h2-4,9-10H,5-8,15H2,1H3/t9-/m1/s1. The second-order valence-electron chi connectivity index (χ2n) is 4.52. The maximum absolute atomic E-state index is 13.5. The Hall–Kier alpha value is -1.09. The number of hydrogen-bond acceptors (Lipinski definition) is 2. The van der Waals surface area contributed by atoms with Crippen LogP contribution in [-0.4, -0.2) is 6.61 Å². The van der Waals surface area contributed by atoms with E-state index in [9.17, 15) is 4.39 Å². The minimum atomic E-state index is -0.336. The monoisotopic (exact) mass is 223 g/mol. The number of hydrogen-bond donors (Lipinski definition) is 1. The second kappa shape index (κ2) is 4.83. The van der Waals surface area contributed by atoms with Crippen LogP contribution in [-0.2, 0) is 0 Å². The van der Waals surface area contributed by atoms with Crippen molar-refractivity contribution >= 4 is 0 Å². The highest BCUT2D eigenvalue weighted by Crippen LogP contribution is 2.33. The Balaban J connectivity index is 2.02. The van der Waals surface area contributed by atoms with Gasteiger partial charge in [-0.05, 0) is 31.4 Å². The van der Waals surface area contributed by atoms with Crippen molar-refractivity contribution in [1.82, 2.24) is 0 Å². The molecule has 16 heavy (non-hydrogen) atoms. The lowest BCUT2D eigenvalue weighted by Crippen LogP contribution is -2.11. The molecule has 0 aliphatic heterocycles. The van der Waals surface area contributed by atoms with Crippen LogP contribution in [0.4, 0.5) is 4.39 Å². The molecule has 0 bridgehead atoms. The number of benzene rings is 1. The summed E-state index contributed by atoms with van der Waals surface area (Å²) in [5, 5.41) is 0. The van der Waals surface area contributed by atoms with E-state index in [-0.39, 0.29) is 11.9 Å². The summed E-state index contributed by atoms with van der Waals surface area (Å²) in [6.07, 6.45) is 3.69. The third-order valence-electron chi connectivity index (χ3n) is 2.95. The van der Waals surface area contributed by atoms with Gasteiger partial charge in [-0.3, -0.25) is 0 Å². The van der Waals surface area contributed by atoms with Crippen molar-refractivity contribution < 1.29 is 9.13 Å². The highest BCUT2D eigenvalue weighted by Gasteiger charge is 2.21. The molecule has 0 aromatic heterocycles. The third-order valence-corrected chi connectivity index (χ3v) is 2.95. The Morgan fingerprint density at radius 2 is 2.25 bits per heavy atom. The fraction of sp³-hybridized carbons (Fsp3) is 0.538. The normalized spacial score (nSPS) is 17.2. The molecule has 1 fully saturated rings. The molecule has 1 aromatic carbocycles. The summed E-state index contributed by atoms with van der Waals surface area (Å²) < 4.78 is 19.1. The number of halogens is 1. The van der Waals surface area contributed by atoms with Crippen molar-refractivity contribution in [3.05, 3.63) is 29.6 Å². The van der Waals surface area contributed by atoms with E-state index in [1.807, 2.05) is 0 Å². The number of ether oxygens (including phenoxy) is 1. The van der Waals surface area contributed by atoms with Crippen LogP contribution >= 0.6 is 0 Å². The summed E-state index contributed by atoms with van der Waals surface area (Å²) in [5.41, 5.74) is 6.22. The first-order valence-corrected chi connectivity index (χ1v) is 5.85. The largest absolute Gasteiger partial charge is 0.493 e. The number of nitrogens with two attached hydrogens (primary N) is 1. The molecule has 1 aliphatic rings. The van der Waals surface area contributed by atoms with Gasteiger partial charge in [-0.2, -0.15) is 0 Å². The summed E-state index contributed by atoms with van der Waals surface area (Å²) in [5.74, 6) is 1.14. The lowest BCUT2D eigenvalue weighted by atomic mass is 10.1. The fourth-order valence-corrected chi connectivity index (χ4v) is 1.83. The summed E-state index contributed by atoms with van der Waals surface area (Å²) in [7, 11) is 0. The zero-order valence-corrected chi connectivity index (χ0v) is 9.58. The zero-order valence-electron chi connectivity index (χ0n) is 9.58. The minimum absolute atomic E-state index is 0.279. The van der Waals surface area contributed by atoms with Gasteiger partial charge in [0.25, 0.3) is 0 Å². The molecule has 1 aromatic rings. The predicted octanol–water partition coefficient (Wildman–Crippen LogP) is 3.02. The molecule has 1 saturated carbocycles. The van der Waals surface area contributed by atoms with Gasteiger partial charge in [-0.15, -0.1) is 0 Å². The zero-order chi connectivity index (χ0) is 11.5. The molecule has 2 rings (SSSR count). The summed E-state index contributed by atoms with van der Waals surface area (Å²) in [6, 6.07) is 4.53. The molecule has 0 radical (unpaired) electrons. The van der Waals surface area contributed by atoms with E-state index in [1.165, 1.54) is 18.9 Å². The van der Waals surface area contributed by atoms with Crippen LogP contribution < -0.4 is 10.5 Å². The predicted molar refractivity (Wildman–Crippen MR) is 61.8 cm³/mol. The van der Waals surface area contributed by atoms with Gasteiger partial charge in [0, 0.05) is 11.6 Å². The van der Waals surface area contributed by atoms with Gasteiger partial charge in [0.15, 0.2) is 0 Å². The Morgan fingerprint density at radius 3 is 2.88 bits per heavy atom. The molecule has 0 heterocycles. The van der Waals surface area contributed by atoms with Gasteiger partial charge in [0.05, 0.1) is 6.61 Å². The van der Waals surface area contributed by atoms with E-state index in [2.05, 4.69) is 0 Å². The van der Waals surface area contributed by atoms with Crippen LogP contribution in [0, 0.1) is 11.7 Å². The topological polar surface area (TPSA) is 35.2 Å². The lowest BCUT2D eigenvalue weighted by Gasteiger charge is -2.14. The molecular weight excluding hydrogens is 205 g/mol. The molecular formula is C13H18FNO. The first-order chi connectivity index (χ1) is 7.68. The van der Waals surface area contributed by atoms with E-state index in [0.29, 0.717) is 17.9 Å². The van der Waals surface area contributed by atoms with Gasteiger partial charge in [-0.25, -0.2) is 4.39 Å². The van der Waals surface area contributed by atoms with Crippen molar-refractivity contribution in [3.63, 3.8) is 0 Å². The van der Waals surface area contributed by atoms with Gasteiger partial charge in [0.1, 0.15) is 11.6 Å². The van der Waals surface area contributed by atoms with E-state index < -0.39 is 0 Å². The maximum Gasteiger partial charge on any atom is 0.131 e. The second-order valence-corrected chi connectivity index (χ2v) is 4.52. The lowest BCUT2D eigenvalue weighted by molar-refractivity contribution is 0.296. The molecule has 0 amide bonds. The van der Waals surface area contributed by atoms with Crippen LogP contribution in [0.25, 0.3) is 0 Å². The summed E-state index contributed by atoms with van der Waals surface area (Å²) in [4.78, 5) is 0. The Kier molecular flexibility index (Phi) is 3.44. The molecule has 1 atom stereocenters. The highest BCUT2D eigenvalue weighted by molar-refractivity contribution is 5.36. The Labute approximate surface area is 95.6 Å². The minimum Gasteiger partial charge on any atom is -0.493 e. The Morgan fingerprint density at radius 1 is 1.50 bits per heavy atom. The Bertz CT molecular complexity index is 361. The van der Waals surface area contributed by atoms with Gasteiger partial charge >= 0.3 is 0 Å². The summed E-state index contributed by atoms with van der Waals surface area (Å²) in [6.45, 7) is 2.43. The van der Waals surface area contributed by atoms with Crippen molar-refractivity contribution in [3.8, 4) is 5.75 Å². The van der Waals surface area contributed by atoms with E-state index >= 15 is 0 Å². The molecule has 0 spiro atoms. The van der Waals surface area contributed by atoms with Crippen molar-refractivity contribution in [2.45, 2.75) is 32.2 Å². The fourth-order valence-electron chi connectivity index (χ4n) is 1.83.